The summed E-state index contributed by atoms with van der Waals surface area (Å²) in [5.41, 5.74) is 1.70. The molecule has 2 N–H and O–H groups in total. The zero-order valence-corrected chi connectivity index (χ0v) is 19.3. The van der Waals surface area contributed by atoms with Gasteiger partial charge in [0.15, 0.2) is 5.78 Å². The summed E-state index contributed by atoms with van der Waals surface area (Å²) in [5, 5.41) is 19.3. The van der Waals surface area contributed by atoms with Crippen molar-refractivity contribution in [1.82, 2.24) is 0 Å². The fourth-order valence-electron chi connectivity index (χ4n) is 3.62. The number of aliphatic hydroxyl groups excluding tert-OH is 1. The summed E-state index contributed by atoms with van der Waals surface area (Å²) in [4.78, 5) is 12.1. The highest BCUT2D eigenvalue weighted by Crippen LogP contribution is 2.17. The largest absolute Gasteiger partial charge is 0.508 e. The van der Waals surface area contributed by atoms with Crippen molar-refractivity contribution in [3.05, 3.63) is 71.8 Å². The van der Waals surface area contributed by atoms with Gasteiger partial charge in [-0.3, -0.25) is 4.79 Å². The van der Waals surface area contributed by atoms with Crippen LogP contribution in [0.15, 0.2) is 60.7 Å². The monoisotopic (exact) mass is 438 g/mol. The molecule has 0 aliphatic heterocycles. The second-order valence-corrected chi connectivity index (χ2v) is 8.35. The molecule has 2 aromatic rings. The summed E-state index contributed by atoms with van der Waals surface area (Å²) in [5.74, 6) is 0.399. The Morgan fingerprint density at radius 3 is 2.00 bits per heavy atom. The maximum Gasteiger partial charge on any atom is 0.217 e. The lowest BCUT2D eigenvalue weighted by Crippen LogP contribution is -2.12. The number of aryl methyl sites for hydroxylation is 1. The first-order chi connectivity index (χ1) is 15.6. The molecule has 4 heteroatoms. The Balaban J connectivity index is 1.61. The topological polar surface area (TPSA) is 66.8 Å². The molecule has 0 fully saturated rings. The van der Waals surface area contributed by atoms with E-state index in [1.165, 1.54) is 106 Å². The van der Waals surface area contributed by atoms with Crippen LogP contribution in [-0.4, -0.2) is 22.3 Å². The van der Waals surface area contributed by atoms with E-state index in [2.05, 4.69) is 6.92 Å². The molecule has 0 aromatic heterocycles. The molecule has 0 heterocycles. The standard InChI is InChI=1S/C28H38O4/c1-2-3-4-5-6-7-8-9-10-11-12-23-13-19-26(20-14-23)32-28(31)22-21-27(30)24-15-17-25(29)18-16-24/h13-22,28-29,31H,2-12H2,1H3. The van der Waals surface area contributed by atoms with Crippen molar-refractivity contribution in [2.45, 2.75) is 83.8 Å². The zero-order valence-electron chi connectivity index (χ0n) is 19.3. The van der Waals surface area contributed by atoms with Crippen LogP contribution >= 0.6 is 0 Å². The SMILES string of the molecule is CCCCCCCCCCCCc1ccc(OC(O)C=CC(=O)c2ccc(O)cc2)cc1. The molecule has 4 nitrogen and oxygen atoms in total. The fourth-order valence-corrected chi connectivity index (χ4v) is 3.62. The van der Waals surface area contributed by atoms with Crippen LogP contribution in [0.25, 0.3) is 0 Å². The van der Waals surface area contributed by atoms with Gasteiger partial charge in [0.25, 0.3) is 0 Å². The van der Waals surface area contributed by atoms with Crippen LogP contribution < -0.4 is 4.74 Å². The Bertz CT molecular complexity index is 793. The number of phenols is 1. The molecule has 2 aromatic carbocycles. The summed E-state index contributed by atoms with van der Waals surface area (Å²) in [7, 11) is 0. The van der Waals surface area contributed by atoms with Gasteiger partial charge in [0, 0.05) is 5.56 Å². The van der Waals surface area contributed by atoms with Crippen molar-refractivity contribution in [3.63, 3.8) is 0 Å². The van der Waals surface area contributed by atoms with E-state index in [0.29, 0.717) is 11.3 Å². The van der Waals surface area contributed by atoms with Crippen molar-refractivity contribution in [1.29, 1.82) is 0 Å². The van der Waals surface area contributed by atoms with E-state index in [4.69, 9.17) is 4.74 Å². The number of aromatic hydroxyl groups is 1. The van der Waals surface area contributed by atoms with Crippen LogP contribution in [0.5, 0.6) is 11.5 Å². The van der Waals surface area contributed by atoms with Gasteiger partial charge in [0.05, 0.1) is 0 Å². The predicted octanol–water partition coefficient (Wildman–Crippen LogP) is 6.99. The predicted molar refractivity (Wildman–Crippen MR) is 130 cm³/mol. The molecule has 174 valence electrons. The quantitative estimate of drug-likeness (QED) is 0.128. The van der Waals surface area contributed by atoms with Gasteiger partial charge in [-0.05, 0) is 67.0 Å². The van der Waals surface area contributed by atoms with Crippen LogP contribution in [0.4, 0.5) is 0 Å². The maximum absolute atomic E-state index is 12.1. The van der Waals surface area contributed by atoms with E-state index < -0.39 is 6.29 Å². The highest BCUT2D eigenvalue weighted by atomic mass is 16.6. The van der Waals surface area contributed by atoms with Crippen molar-refractivity contribution in [2.75, 3.05) is 0 Å². The molecule has 0 saturated carbocycles. The highest BCUT2D eigenvalue weighted by Gasteiger charge is 2.05. The van der Waals surface area contributed by atoms with E-state index in [9.17, 15) is 15.0 Å². The number of carbonyl (C=O) groups excluding carboxylic acids is 1. The minimum atomic E-state index is -1.20. The van der Waals surface area contributed by atoms with Crippen LogP contribution in [-0.2, 0) is 6.42 Å². The number of hydrogen-bond acceptors (Lipinski definition) is 4. The number of allylic oxidation sites excluding steroid dienone is 1. The van der Waals surface area contributed by atoms with Gasteiger partial charge in [-0.1, -0.05) is 76.8 Å². The Kier molecular flexibility index (Phi) is 12.2. The first-order valence-electron chi connectivity index (χ1n) is 12.0. The Labute approximate surface area is 193 Å². The molecule has 32 heavy (non-hydrogen) atoms. The number of ketones is 1. The Hall–Kier alpha value is -2.59. The molecule has 1 atom stereocenters. The van der Waals surface area contributed by atoms with Crippen molar-refractivity contribution >= 4 is 5.78 Å². The molecule has 0 saturated heterocycles. The molecular weight excluding hydrogens is 400 g/mol. The first-order valence-corrected chi connectivity index (χ1v) is 12.0. The lowest BCUT2D eigenvalue weighted by atomic mass is 10.0. The van der Waals surface area contributed by atoms with E-state index in [1.807, 2.05) is 24.3 Å². The van der Waals surface area contributed by atoms with Crippen LogP contribution in [0.2, 0.25) is 0 Å². The van der Waals surface area contributed by atoms with Crippen molar-refractivity contribution in [3.8, 4) is 11.5 Å². The number of benzene rings is 2. The number of hydrogen-bond donors (Lipinski definition) is 2. The van der Waals surface area contributed by atoms with Gasteiger partial charge in [0.1, 0.15) is 11.5 Å². The minimum absolute atomic E-state index is 0.102. The third-order valence-electron chi connectivity index (χ3n) is 5.56. The lowest BCUT2D eigenvalue weighted by molar-refractivity contribution is 0.0245. The lowest BCUT2D eigenvalue weighted by Gasteiger charge is -2.10. The Morgan fingerprint density at radius 1 is 0.844 bits per heavy atom. The molecule has 0 bridgehead atoms. The number of phenolic OH excluding ortho intramolecular Hbond substituents is 1. The highest BCUT2D eigenvalue weighted by molar-refractivity contribution is 6.04. The van der Waals surface area contributed by atoms with Crippen LogP contribution in [0.1, 0.15) is 87.1 Å². The number of unbranched alkanes of at least 4 members (excludes halogenated alkanes) is 9. The van der Waals surface area contributed by atoms with Crippen LogP contribution in [0.3, 0.4) is 0 Å². The van der Waals surface area contributed by atoms with Gasteiger partial charge in [-0.25, -0.2) is 0 Å². The molecule has 0 amide bonds. The second-order valence-electron chi connectivity index (χ2n) is 8.35. The third-order valence-corrected chi connectivity index (χ3v) is 5.56. The Morgan fingerprint density at radius 2 is 1.41 bits per heavy atom. The van der Waals surface area contributed by atoms with E-state index in [-0.39, 0.29) is 11.5 Å². The number of rotatable bonds is 16. The van der Waals surface area contributed by atoms with E-state index in [1.54, 1.807) is 0 Å². The third kappa shape index (κ3) is 10.6. The molecule has 0 aliphatic carbocycles. The number of ether oxygens (including phenoxy) is 1. The average molecular weight is 439 g/mol. The minimum Gasteiger partial charge on any atom is -0.508 e. The number of aliphatic hydroxyl groups is 1. The summed E-state index contributed by atoms with van der Waals surface area (Å²) in [6.07, 6.45) is 15.8. The van der Waals surface area contributed by atoms with Crippen LogP contribution in [0, 0.1) is 0 Å². The average Bonchev–Trinajstić information content (AvgIpc) is 2.80. The summed E-state index contributed by atoms with van der Waals surface area (Å²) >= 11 is 0. The molecular formula is C28H38O4. The molecule has 0 aliphatic rings. The van der Waals surface area contributed by atoms with E-state index in [0.717, 1.165) is 6.42 Å². The maximum atomic E-state index is 12.1. The summed E-state index contributed by atoms with van der Waals surface area (Å²) in [6.45, 7) is 2.26. The molecule has 0 spiro atoms. The van der Waals surface area contributed by atoms with Crippen molar-refractivity contribution < 1.29 is 19.7 Å². The van der Waals surface area contributed by atoms with Gasteiger partial charge in [-0.2, -0.15) is 0 Å². The van der Waals surface area contributed by atoms with Gasteiger partial charge < -0.3 is 14.9 Å². The molecule has 1 unspecified atom stereocenters. The fraction of sp³-hybridized carbons (Fsp3) is 0.464. The zero-order chi connectivity index (χ0) is 23.0. The number of carbonyl (C=O) groups is 1. The van der Waals surface area contributed by atoms with Crippen molar-refractivity contribution in [2.24, 2.45) is 0 Å². The van der Waals surface area contributed by atoms with E-state index >= 15 is 0 Å². The molecule has 0 radical (unpaired) electrons. The molecule has 2 rings (SSSR count). The van der Waals surface area contributed by atoms with Gasteiger partial charge >= 0.3 is 0 Å². The van der Waals surface area contributed by atoms with Gasteiger partial charge in [0.2, 0.25) is 6.29 Å². The summed E-state index contributed by atoms with van der Waals surface area (Å²) < 4.78 is 5.46. The second kappa shape index (κ2) is 15.3. The smallest absolute Gasteiger partial charge is 0.217 e. The first kappa shape index (κ1) is 25.7. The van der Waals surface area contributed by atoms with Gasteiger partial charge in [-0.15, -0.1) is 0 Å². The normalized spacial score (nSPS) is 12.2. The summed E-state index contributed by atoms with van der Waals surface area (Å²) in [6, 6.07) is 13.7.